The van der Waals surface area contributed by atoms with Crippen LogP contribution >= 0.6 is 0 Å². The third-order valence-electron chi connectivity index (χ3n) is 4.91. The summed E-state index contributed by atoms with van der Waals surface area (Å²) >= 11 is 0. The largest absolute Gasteiger partial charge is 0.311 e. The third kappa shape index (κ3) is 3.23. The molecular weight excluding hydrogens is 208 g/mol. The zero-order chi connectivity index (χ0) is 13.1. The second-order valence-electron chi connectivity index (χ2n) is 6.18. The normalized spacial score (nSPS) is 27.7. The second kappa shape index (κ2) is 6.19. The Kier molecular flexibility index (Phi) is 5.46. The highest BCUT2D eigenvalue weighted by molar-refractivity contribution is 4.96. The van der Waals surface area contributed by atoms with Crippen LogP contribution in [0.25, 0.3) is 0 Å². The molecule has 0 aromatic heterocycles. The summed E-state index contributed by atoms with van der Waals surface area (Å²) in [5, 5.41) is 3.71. The first-order chi connectivity index (χ1) is 7.98. The molecule has 2 unspecified atom stereocenters. The van der Waals surface area contributed by atoms with Crippen LogP contribution in [-0.4, -0.2) is 35.6 Å². The van der Waals surface area contributed by atoms with E-state index < -0.39 is 0 Å². The lowest BCUT2D eigenvalue weighted by Gasteiger charge is -2.51. The zero-order valence-corrected chi connectivity index (χ0v) is 12.7. The van der Waals surface area contributed by atoms with Crippen molar-refractivity contribution in [1.82, 2.24) is 10.2 Å². The molecule has 2 nitrogen and oxygen atoms in total. The molecule has 1 N–H and O–H groups in total. The maximum absolute atomic E-state index is 3.71. The second-order valence-corrected chi connectivity index (χ2v) is 6.18. The molecular formula is C15H32N2. The van der Waals surface area contributed by atoms with Gasteiger partial charge in [0, 0.05) is 30.7 Å². The van der Waals surface area contributed by atoms with Crippen LogP contribution in [0.2, 0.25) is 0 Å². The first-order valence-corrected chi connectivity index (χ1v) is 7.48. The van der Waals surface area contributed by atoms with Crippen LogP contribution in [0, 0.1) is 5.92 Å². The average molecular weight is 240 g/mol. The van der Waals surface area contributed by atoms with Gasteiger partial charge < -0.3 is 5.32 Å². The standard InChI is InChI=1S/C15H32N2/c1-7-13-11-17(15(6,8-2)9-3)14(10-16-13)12(4)5/h12-14,16H,7-11H2,1-6H3. The van der Waals surface area contributed by atoms with Gasteiger partial charge in [0.1, 0.15) is 0 Å². The number of piperazine rings is 1. The molecule has 1 saturated heterocycles. The zero-order valence-electron chi connectivity index (χ0n) is 12.7. The number of nitrogens with one attached hydrogen (secondary N) is 1. The van der Waals surface area contributed by atoms with Crippen molar-refractivity contribution in [1.29, 1.82) is 0 Å². The Morgan fingerprint density at radius 2 is 1.82 bits per heavy atom. The molecule has 0 aromatic rings. The fourth-order valence-electron chi connectivity index (χ4n) is 2.98. The molecule has 2 atom stereocenters. The Morgan fingerprint density at radius 1 is 1.24 bits per heavy atom. The molecule has 1 aliphatic heterocycles. The number of nitrogens with zero attached hydrogens (tertiary/aromatic N) is 1. The van der Waals surface area contributed by atoms with E-state index in [0.717, 1.165) is 12.5 Å². The predicted octanol–water partition coefficient (Wildman–Crippen LogP) is 3.27. The summed E-state index contributed by atoms with van der Waals surface area (Å²) in [6.07, 6.45) is 3.75. The van der Waals surface area contributed by atoms with Gasteiger partial charge in [0.2, 0.25) is 0 Å². The SMILES string of the molecule is CCC1CN(C(C)(CC)CC)C(C(C)C)CN1. The molecule has 0 saturated carbocycles. The molecule has 1 aliphatic rings. The van der Waals surface area contributed by atoms with Crippen LogP contribution in [-0.2, 0) is 0 Å². The molecule has 0 amide bonds. The summed E-state index contributed by atoms with van der Waals surface area (Å²) in [7, 11) is 0. The van der Waals surface area contributed by atoms with Gasteiger partial charge in [-0.1, -0.05) is 34.6 Å². The monoisotopic (exact) mass is 240 g/mol. The van der Waals surface area contributed by atoms with Gasteiger partial charge in [-0.2, -0.15) is 0 Å². The summed E-state index contributed by atoms with van der Waals surface area (Å²) in [4.78, 5) is 2.79. The van der Waals surface area contributed by atoms with Crippen LogP contribution in [0.4, 0.5) is 0 Å². The molecule has 1 heterocycles. The molecule has 0 spiro atoms. The smallest absolute Gasteiger partial charge is 0.0249 e. The van der Waals surface area contributed by atoms with Gasteiger partial charge in [0.25, 0.3) is 0 Å². The Labute approximate surface area is 108 Å². The van der Waals surface area contributed by atoms with Crippen LogP contribution < -0.4 is 5.32 Å². The first-order valence-electron chi connectivity index (χ1n) is 7.48. The van der Waals surface area contributed by atoms with E-state index in [9.17, 15) is 0 Å². The Morgan fingerprint density at radius 3 is 2.24 bits per heavy atom. The molecule has 102 valence electrons. The van der Waals surface area contributed by atoms with Crippen LogP contribution in [0.5, 0.6) is 0 Å². The summed E-state index contributed by atoms with van der Waals surface area (Å²) in [5.41, 5.74) is 0.379. The lowest BCUT2D eigenvalue weighted by Crippen LogP contribution is -2.64. The molecule has 0 aliphatic carbocycles. The lowest BCUT2D eigenvalue weighted by atomic mass is 9.86. The predicted molar refractivity (Wildman–Crippen MR) is 76.4 cm³/mol. The van der Waals surface area contributed by atoms with Gasteiger partial charge in [0.05, 0.1) is 0 Å². The number of hydrogen-bond acceptors (Lipinski definition) is 2. The fraction of sp³-hybridized carbons (Fsp3) is 1.00. The maximum atomic E-state index is 3.71. The van der Waals surface area contributed by atoms with Crippen LogP contribution in [0.15, 0.2) is 0 Å². The molecule has 0 radical (unpaired) electrons. The Balaban J connectivity index is 2.86. The van der Waals surface area contributed by atoms with E-state index in [2.05, 4.69) is 51.8 Å². The molecule has 1 fully saturated rings. The van der Waals surface area contributed by atoms with E-state index in [0.29, 0.717) is 17.6 Å². The van der Waals surface area contributed by atoms with Crippen molar-refractivity contribution < 1.29 is 0 Å². The van der Waals surface area contributed by atoms with E-state index in [1.165, 1.54) is 25.8 Å². The van der Waals surface area contributed by atoms with Gasteiger partial charge in [-0.15, -0.1) is 0 Å². The Hall–Kier alpha value is -0.0800. The average Bonchev–Trinajstić information content (AvgIpc) is 2.36. The quantitative estimate of drug-likeness (QED) is 0.793. The van der Waals surface area contributed by atoms with Crippen molar-refractivity contribution in [3.05, 3.63) is 0 Å². The highest BCUT2D eigenvalue weighted by Gasteiger charge is 2.38. The molecule has 1 rings (SSSR count). The van der Waals surface area contributed by atoms with Crippen molar-refractivity contribution in [3.63, 3.8) is 0 Å². The highest BCUT2D eigenvalue weighted by Crippen LogP contribution is 2.30. The van der Waals surface area contributed by atoms with E-state index in [-0.39, 0.29) is 0 Å². The minimum absolute atomic E-state index is 0.379. The Bertz CT molecular complexity index is 221. The van der Waals surface area contributed by atoms with Gasteiger partial charge >= 0.3 is 0 Å². The van der Waals surface area contributed by atoms with Gasteiger partial charge in [-0.25, -0.2) is 0 Å². The van der Waals surface area contributed by atoms with Gasteiger partial charge in [0.15, 0.2) is 0 Å². The topological polar surface area (TPSA) is 15.3 Å². The molecule has 0 bridgehead atoms. The van der Waals surface area contributed by atoms with Crippen LogP contribution in [0.1, 0.15) is 60.8 Å². The van der Waals surface area contributed by atoms with Crippen molar-refractivity contribution in [3.8, 4) is 0 Å². The van der Waals surface area contributed by atoms with E-state index in [1.54, 1.807) is 0 Å². The molecule has 2 heteroatoms. The molecule has 17 heavy (non-hydrogen) atoms. The minimum Gasteiger partial charge on any atom is -0.311 e. The minimum atomic E-state index is 0.379. The summed E-state index contributed by atoms with van der Waals surface area (Å²) in [6, 6.07) is 1.38. The fourth-order valence-corrected chi connectivity index (χ4v) is 2.98. The third-order valence-corrected chi connectivity index (χ3v) is 4.91. The highest BCUT2D eigenvalue weighted by atomic mass is 15.3. The number of hydrogen-bond donors (Lipinski definition) is 1. The molecule has 0 aromatic carbocycles. The van der Waals surface area contributed by atoms with E-state index in [1.807, 2.05) is 0 Å². The van der Waals surface area contributed by atoms with Crippen molar-refractivity contribution in [2.45, 2.75) is 78.4 Å². The van der Waals surface area contributed by atoms with Crippen LogP contribution in [0.3, 0.4) is 0 Å². The van der Waals surface area contributed by atoms with Gasteiger partial charge in [-0.05, 0) is 32.1 Å². The van der Waals surface area contributed by atoms with E-state index >= 15 is 0 Å². The van der Waals surface area contributed by atoms with Gasteiger partial charge in [-0.3, -0.25) is 4.90 Å². The number of rotatable bonds is 5. The summed E-state index contributed by atoms with van der Waals surface area (Å²) in [6.45, 7) is 16.5. The summed E-state index contributed by atoms with van der Waals surface area (Å²) in [5.74, 6) is 0.734. The van der Waals surface area contributed by atoms with E-state index in [4.69, 9.17) is 0 Å². The van der Waals surface area contributed by atoms with Crippen molar-refractivity contribution in [2.24, 2.45) is 5.92 Å². The summed E-state index contributed by atoms with van der Waals surface area (Å²) < 4.78 is 0. The first kappa shape index (κ1) is 15.0. The van der Waals surface area contributed by atoms with Crippen molar-refractivity contribution >= 4 is 0 Å². The van der Waals surface area contributed by atoms with Crippen molar-refractivity contribution in [2.75, 3.05) is 13.1 Å². The maximum Gasteiger partial charge on any atom is 0.0249 e. The lowest BCUT2D eigenvalue weighted by molar-refractivity contribution is -0.00491.